The Morgan fingerprint density at radius 1 is 1.63 bits per heavy atom. The monoisotopic (exact) mass is 280 g/mol. The number of hydrogen-bond acceptors (Lipinski definition) is 6. The van der Waals surface area contributed by atoms with Gasteiger partial charge in [-0.2, -0.15) is 0 Å². The van der Waals surface area contributed by atoms with Gasteiger partial charge in [0.1, 0.15) is 5.01 Å². The fraction of sp³-hybridized carbons (Fsp3) is 0.455. The molecule has 1 unspecified atom stereocenters. The van der Waals surface area contributed by atoms with Crippen LogP contribution in [0.2, 0.25) is 0 Å². The van der Waals surface area contributed by atoms with Gasteiger partial charge in [-0.1, -0.05) is 12.1 Å². The van der Waals surface area contributed by atoms with Crippen LogP contribution in [0.15, 0.2) is 17.8 Å². The standard InChI is InChI=1S/C11H16N6OS/c1-2-8(11-13-4-6-19-11)14-10(18)9-7-17(5-3-12)16-15-9/h4,6-8H,2-3,5,12H2,1H3,(H,14,18). The maximum absolute atomic E-state index is 12.0. The first-order valence-corrected chi connectivity index (χ1v) is 6.93. The second kappa shape index (κ2) is 6.39. The van der Waals surface area contributed by atoms with E-state index in [1.807, 2.05) is 12.3 Å². The van der Waals surface area contributed by atoms with Crippen molar-refractivity contribution in [3.63, 3.8) is 0 Å². The summed E-state index contributed by atoms with van der Waals surface area (Å²) in [5.74, 6) is -0.245. The van der Waals surface area contributed by atoms with Crippen molar-refractivity contribution in [2.24, 2.45) is 5.73 Å². The number of thiazole rings is 1. The molecule has 0 bridgehead atoms. The lowest BCUT2D eigenvalue weighted by atomic mass is 10.2. The second-order valence-electron chi connectivity index (χ2n) is 3.96. The normalized spacial score (nSPS) is 12.3. The number of amides is 1. The Labute approximate surface area is 114 Å². The first kappa shape index (κ1) is 13.6. The average molecular weight is 280 g/mol. The van der Waals surface area contributed by atoms with Crippen molar-refractivity contribution in [3.05, 3.63) is 28.5 Å². The predicted octanol–water partition coefficient (Wildman–Crippen LogP) is 0.574. The fourth-order valence-corrected chi connectivity index (χ4v) is 2.39. The summed E-state index contributed by atoms with van der Waals surface area (Å²) in [5, 5.41) is 13.4. The van der Waals surface area contributed by atoms with Crippen molar-refractivity contribution in [2.45, 2.75) is 25.9 Å². The van der Waals surface area contributed by atoms with Crippen LogP contribution in [0.3, 0.4) is 0 Å². The van der Waals surface area contributed by atoms with Crippen molar-refractivity contribution in [2.75, 3.05) is 6.54 Å². The molecule has 2 heterocycles. The number of hydrogen-bond donors (Lipinski definition) is 2. The molecule has 102 valence electrons. The van der Waals surface area contributed by atoms with E-state index in [9.17, 15) is 4.79 Å². The molecule has 8 heteroatoms. The summed E-state index contributed by atoms with van der Waals surface area (Å²) in [6.45, 7) is 3.00. The minimum Gasteiger partial charge on any atom is -0.341 e. The molecule has 2 aromatic heterocycles. The molecule has 0 saturated carbocycles. The number of aromatic nitrogens is 4. The summed E-state index contributed by atoms with van der Waals surface area (Å²) >= 11 is 1.52. The van der Waals surface area contributed by atoms with Crippen molar-refractivity contribution < 1.29 is 4.79 Å². The molecular weight excluding hydrogens is 264 g/mol. The molecule has 2 aromatic rings. The molecule has 19 heavy (non-hydrogen) atoms. The Morgan fingerprint density at radius 2 is 2.47 bits per heavy atom. The summed E-state index contributed by atoms with van der Waals surface area (Å²) in [6.07, 6.45) is 4.10. The van der Waals surface area contributed by atoms with Gasteiger partial charge in [0.05, 0.1) is 18.8 Å². The lowest BCUT2D eigenvalue weighted by Crippen LogP contribution is -2.28. The Bertz CT molecular complexity index is 523. The number of carbonyl (C=O) groups excluding carboxylic acids is 1. The van der Waals surface area contributed by atoms with Crippen LogP contribution in [-0.4, -0.2) is 32.4 Å². The molecular formula is C11H16N6OS. The van der Waals surface area contributed by atoms with Gasteiger partial charge >= 0.3 is 0 Å². The Hall–Kier alpha value is -1.80. The zero-order valence-electron chi connectivity index (χ0n) is 10.6. The molecule has 0 spiro atoms. The third-order valence-corrected chi connectivity index (χ3v) is 3.48. The van der Waals surface area contributed by atoms with E-state index in [0.29, 0.717) is 18.8 Å². The van der Waals surface area contributed by atoms with Gasteiger partial charge < -0.3 is 11.1 Å². The van der Waals surface area contributed by atoms with E-state index in [0.717, 1.165) is 11.4 Å². The maximum Gasteiger partial charge on any atom is 0.274 e. The molecule has 0 aliphatic heterocycles. The molecule has 1 amide bonds. The summed E-state index contributed by atoms with van der Waals surface area (Å²) < 4.78 is 1.55. The van der Waals surface area contributed by atoms with E-state index >= 15 is 0 Å². The van der Waals surface area contributed by atoms with Gasteiger partial charge in [-0.3, -0.25) is 9.48 Å². The first-order valence-electron chi connectivity index (χ1n) is 6.05. The minimum atomic E-state index is -0.245. The van der Waals surface area contributed by atoms with Crippen LogP contribution < -0.4 is 11.1 Å². The Kier molecular flexibility index (Phi) is 4.58. The van der Waals surface area contributed by atoms with Crippen LogP contribution in [-0.2, 0) is 6.54 Å². The van der Waals surface area contributed by atoms with Crippen LogP contribution >= 0.6 is 11.3 Å². The SMILES string of the molecule is CCC(NC(=O)c1cn(CCN)nn1)c1nccs1. The first-order chi connectivity index (χ1) is 9.24. The summed E-state index contributed by atoms with van der Waals surface area (Å²) in [7, 11) is 0. The van der Waals surface area contributed by atoms with E-state index in [2.05, 4.69) is 20.6 Å². The highest BCUT2D eigenvalue weighted by Gasteiger charge is 2.18. The molecule has 3 N–H and O–H groups in total. The number of nitrogens with two attached hydrogens (primary N) is 1. The zero-order valence-corrected chi connectivity index (χ0v) is 11.4. The number of nitrogens with one attached hydrogen (secondary N) is 1. The molecule has 2 rings (SSSR count). The van der Waals surface area contributed by atoms with Crippen molar-refractivity contribution >= 4 is 17.2 Å². The molecule has 0 saturated heterocycles. The predicted molar refractivity (Wildman–Crippen MR) is 71.7 cm³/mol. The van der Waals surface area contributed by atoms with Gasteiger partial charge in [0.2, 0.25) is 0 Å². The van der Waals surface area contributed by atoms with Crippen LogP contribution in [0.1, 0.15) is 34.9 Å². The fourth-order valence-electron chi connectivity index (χ4n) is 1.62. The van der Waals surface area contributed by atoms with Crippen molar-refractivity contribution in [1.82, 2.24) is 25.3 Å². The summed E-state index contributed by atoms with van der Waals surface area (Å²) in [5.41, 5.74) is 5.71. The highest BCUT2D eigenvalue weighted by molar-refractivity contribution is 7.09. The highest BCUT2D eigenvalue weighted by atomic mass is 32.1. The van der Waals surface area contributed by atoms with E-state index in [4.69, 9.17) is 5.73 Å². The van der Waals surface area contributed by atoms with Crippen LogP contribution in [0.25, 0.3) is 0 Å². The molecule has 0 fully saturated rings. The van der Waals surface area contributed by atoms with Crippen LogP contribution in [0.5, 0.6) is 0 Å². The quantitative estimate of drug-likeness (QED) is 0.806. The van der Waals surface area contributed by atoms with Gasteiger partial charge in [0, 0.05) is 18.1 Å². The van der Waals surface area contributed by atoms with E-state index in [1.165, 1.54) is 11.3 Å². The lowest BCUT2D eigenvalue weighted by molar-refractivity contribution is 0.0930. The van der Waals surface area contributed by atoms with Crippen LogP contribution in [0.4, 0.5) is 0 Å². The van der Waals surface area contributed by atoms with Gasteiger partial charge in [-0.05, 0) is 6.42 Å². The second-order valence-corrected chi connectivity index (χ2v) is 4.89. The summed E-state index contributed by atoms with van der Waals surface area (Å²) in [6, 6.07) is -0.0906. The van der Waals surface area contributed by atoms with Crippen LogP contribution in [0, 0.1) is 0 Å². The van der Waals surface area contributed by atoms with Crippen molar-refractivity contribution in [1.29, 1.82) is 0 Å². The van der Waals surface area contributed by atoms with E-state index in [1.54, 1.807) is 17.1 Å². The van der Waals surface area contributed by atoms with Gasteiger partial charge in [-0.15, -0.1) is 16.4 Å². The highest BCUT2D eigenvalue weighted by Crippen LogP contribution is 2.18. The molecule has 0 aliphatic rings. The largest absolute Gasteiger partial charge is 0.341 e. The van der Waals surface area contributed by atoms with Gasteiger partial charge in [-0.25, -0.2) is 4.98 Å². The molecule has 0 aromatic carbocycles. The smallest absolute Gasteiger partial charge is 0.274 e. The van der Waals surface area contributed by atoms with Gasteiger partial charge in [0.15, 0.2) is 5.69 Å². The Morgan fingerprint density at radius 3 is 3.11 bits per heavy atom. The van der Waals surface area contributed by atoms with E-state index in [-0.39, 0.29) is 11.9 Å². The molecule has 0 aliphatic carbocycles. The zero-order chi connectivity index (χ0) is 13.7. The summed E-state index contributed by atoms with van der Waals surface area (Å²) in [4.78, 5) is 16.3. The maximum atomic E-state index is 12.0. The minimum absolute atomic E-state index is 0.0906. The Balaban J connectivity index is 2.02. The molecule has 0 radical (unpaired) electrons. The van der Waals surface area contributed by atoms with Gasteiger partial charge in [0.25, 0.3) is 5.91 Å². The number of nitrogens with zero attached hydrogens (tertiary/aromatic N) is 4. The third-order valence-electron chi connectivity index (χ3n) is 2.59. The number of rotatable bonds is 6. The lowest BCUT2D eigenvalue weighted by Gasteiger charge is -2.12. The van der Waals surface area contributed by atoms with Crippen molar-refractivity contribution in [3.8, 4) is 0 Å². The van der Waals surface area contributed by atoms with E-state index < -0.39 is 0 Å². The molecule has 7 nitrogen and oxygen atoms in total. The number of carbonyl (C=O) groups is 1. The average Bonchev–Trinajstić information content (AvgIpc) is 3.07. The third kappa shape index (κ3) is 3.36. The molecule has 1 atom stereocenters. The topological polar surface area (TPSA) is 98.7 Å².